The molecule has 1 amide bonds. The second kappa shape index (κ2) is 7.87. The summed E-state index contributed by atoms with van der Waals surface area (Å²) in [4.78, 5) is 16.3. The summed E-state index contributed by atoms with van der Waals surface area (Å²) in [7, 11) is 0. The molecule has 0 spiro atoms. The Bertz CT molecular complexity index is 633. The summed E-state index contributed by atoms with van der Waals surface area (Å²) in [6.07, 6.45) is 1.27. The molecule has 0 saturated heterocycles. The highest BCUT2D eigenvalue weighted by Gasteiger charge is 2.17. The maximum absolute atomic E-state index is 12.1. The lowest BCUT2D eigenvalue weighted by Gasteiger charge is -2.20. The Morgan fingerprint density at radius 3 is 2.43 bits per heavy atom. The van der Waals surface area contributed by atoms with Gasteiger partial charge in [0.05, 0.1) is 6.10 Å². The van der Waals surface area contributed by atoms with Crippen molar-refractivity contribution in [1.82, 2.24) is 15.5 Å². The molecule has 1 unspecified atom stereocenters. The first-order valence-electron chi connectivity index (χ1n) is 7.92. The maximum atomic E-state index is 12.1. The van der Waals surface area contributed by atoms with Gasteiger partial charge in [-0.3, -0.25) is 4.79 Å². The molecule has 0 fully saturated rings. The van der Waals surface area contributed by atoms with Crippen LogP contribution < -0.4 is 5.32 Å². The monoisotopic (exact) mass is 317 g/mol. The zero-order chi connectivity index (χ0) is 16.8. The van der Waals surface area contributed by atoms with Gasteiger partial charge >= 0.3 is 0 Å². The predicted molar refractivity (Wildman–Crippen MR) is 86.9 cm³/mol. The van der Waals surface area contributed by atoms with Gasteiger partial charge < -0.3 is 14.9 Å². The number of hydrogen-bond donors (Lipinski definition) is 2. The highest BCUT2D eigenvalue weighted by Crippen LogP contribution is 2.17. The topological polar surface area (TPSA) is 88.2 Å². The fourth-order valence-electron chi connectivity index (χ4n) is 2.48. The lowest BCUT2D eigenvalue weighted by Crippen LogP contribution is -2.36. The Hall–Kier alpha value is -2.21. The zero-order valence-electron chi connectivity index (χ0n) is 13.7. The number of nitrogens with one attached hydrogen (secondary N) is 1. The summed E-state index contributed by atoms with van der Waals surface area (Å²) in [5.41, 5.74) is 1.29. The molecule has 0 bridgehead atoms. The van der Waals surface area contributed by atoms with Gasteiger partial charge in [-0.2, -0.15) is 4.98 Å². The molecule has 2 rings (SSSR count). The van der Waals surface area contributed by atoms with E-state index in [1.807, 2.05) is 13.8 Å². The lowest BCUT2D eigenvalue weighted by molar-refractivity contribution is 0.0816. The highest BCUT2D eigenvalue weighted by molar-refractivity contribution is 5.94. The second-order valence-electron chi connectivity index (χ2n) is 5.58. The van der Waals surface area contributed by atoms with Crippen LogP contribution in [0.1, 0.15) is 42.9 Å². The van der Waals surface area contributed by atoms with E-state index in [1.54, 1.807) is 31.2 Å². The van der Waals surface area contributed by atoms with Crippen molar-refractivity contribution in [3.05, 3.63) is 35.7 Å². The smallest absolute Gasteiger partial charge is 0.257 e. The van der Waals surface area contributed by atoms with Crippen LogP contribution in [0, 0.1) is 12.8 Å². The lowest BCUT2D eigenvalue weighted by atomic mass is 9.96. The molecule has 23 heavy (non-hydrogen) atoms. The van der Waals surface area contributed by atoms with Gasteiger partial charge in [-0.25, -0.2) is 0 Å². The summed E-state index contributed by atoms with van der Waals surface area (Å²) in [6, 6.07) is 6.93. The van der Waals surface area contributed by atoms with Crippen LogP contribution in [0.4, 0.5) is 0 Å². The number of aromatic nitrogens is 2. The summed E-state index contributed by atoms with van der Waals surface area (Å²) in [6.45, 7) is 6.09. The van der Waals surface area contributed by atoms with Gasteiger partial charge in [-0.05, 0) is 37.1 Å². The van der Waals surface area contributed by atoms with E-state index < -0.39 is 6.10 Å². The van der Waals surface area contributed by atoms with Crippen molar-refractivity contribution >= 4 is 5.91 Å². The van der Waals surface area contributed by atoms with Crippen LogP contribution in [0.5, 0.6) is 0 Å². The number of amides is 1. The summed E-state index contributed by atoms with van der Waals surface area (Å²) >= 11 is 0. The number of carbonyl (C=O) groups is 1. The first-order valence-corrected chi connectivity index (χ1v) is 7.92. The summed E-state index contributed by atoms with van der Waals surface area (Å²) < 4.78 is 5.09. The predicted octanol–water partition coefficient (Wildman–Crippen LogP) is 2.57. The molecule has 2 aromatic rings. The van der Waals surface area contributed by atoms with E-state index in [-0.39, 0.29) is 18.4 Å². The highest BCUT2D eigenvalue weighted by atomic mass is 16.5. The minimum atomic E-state index is -0.519. The molecule has 2 N–H and O–H groups in total. The Morgan fingerprint density at radius 1 is 1.26 bits per heavy atom. The quantitative estimate of drug-likeness (QED) is 0.819. The van der Waals surface area contributed by atoms with Crippen molar-refractivity contribution in [2.75, 3.05) is 6.54 Å². The number of aryl methyl sites for hydroxylation is 1. The molecule has 0 aliphatic rings. The number of aliphatic hydroxyl groups excluding tert-OH is 1. The molecule has 0 radical (unpaired) electrons. The van der Waals surface area contributed by atoms with Gasteiger partial charge in [0, 0.05) is 17.7 Å². The van der Waals surface area contributed by atoms with E-state index in [0.29, 0.717) is 17.3 Å². The van der Waals surface area contributed by atoms with Crippen LogP contribution in [0.2, 0.25) is 0 Å². The van der Waals surface area contributed by atoms with Crippen molar-refractivity contribution in [2.24, 2.45) is 5.92 Å². The molecule has 6 heteroatoms. The Labute approximate surface area is 135 Å². The van der Waals surface area contributed by atoms with Crippen LogP contribution in [0.25, 0.3) is 11.5 Å². The molecule has 1 aromatic carbocycles. The van der Waals surface area contributed by atoms with Crippen molar-refractivity contribution in [2.45, 2.75) is 39.7 Å². The molecular weight excluding hydrogens is 294 g/mol. The van der Waals surface area contributed by atoms with E-state index in [4.69, 9.17) is 4.52 Å². The van der Waals surface area contributed by atoms with Crippen LogP contribution >= 0.6 is 0 Å². The van der Waals surface area contributed by atoms with Crippen LogP contribution in [-0.2, 0) is 0 Å². The van der Waals surface area contributed by atoms with Gasteiger partial charge in [0.25, 0.3) is 11.8 Å². The van der Waals surface area contributed by atoms with Crippen molar-refractivity contribution in [3.8, 4) is 11.5 Å². The van der Waals surface area contributed by atoms with Gasteiger partial charge in [0.1, 0.15) is 0 Å². The molecule has 6 nitrogen and oxygen atoms in total. The molecule has 1 heterocycles. The number of hydrogen-bond acceptors (Lipinski definition) is 5. The molecule has 0 saturated carbocycles. The Morgan fingerprint density at radius 2 is 1.91 bits per heavy atom. The number of rotatable bonds is 7. The van der Waals surface area contributed by atoms with E-state index >= 15 is 0 Å². The fourth-order valence-corrected chi connectivity index (χ4v) is 2.48. The van der Waals surface area contributed by atoms with Gasteiger partial charge in [-0.1, -0.05) is 31.8 Å². The largest absolute Gasteiger partial charge is 0.391 e. The standard InChI is InChI=1S/C17H23N3O3/c1-4-12(5-2)15(21)10-18-16(22)13-6-8-14(9-7-13)17-19-11(3)20-23-17/h6-9,12,15,21H,4-5,10H2,1-3H3,(H,18,22). The zero-order valence-corrected chi connectivity index (χ0v) is 13.7. The van der Waals surface area contributed by atoms with Crippen molar-refractivity contribution in [1.29, 1.82) is 0 Å². The SMILES string of the molecule is CCC(CC)C(O)CNC(=O)c1ccc(-c2nc(C)no2)cc1. The van der Waals surface area contributed by atoms with E-state index in [9.17, 15) is 9.90 Å². The minimum Gasteiger partial charge on any atom is -0.391 e. The molecule has 0 aliphatic heterocycles. The molecule has 124 valence electrons. The third-order valence-corrected chi connectivity index (χ3v) is 3.99. The summed E-state index contributed by atoms with van der Waals surface area (Å²) in [5.74, 6) is 0.998. The normalized spacial score (nSPS) is 12.4. The average molecular weight is 317 g/mol. The number of nitrogens with zero attached hydrogens (tertiary/aromatic N) is 2. The van der Waals surface area contributed by atoms with Crippen molar-refractivity contribution < 1.29 is 14.4 Å². The Kier molecular flexibility index (Phi) is 5.87. The molecule has 1 atom stereocenters. The van der Waals surface area contributed by atoms with Crippen LogP contribution in [-0.4, -0.2) is 33.8 Å². The molecule has 1 aromatic heterocycles. The Balaban J connectivity index is 1.95. The fraction of sp³-hybridized carbons (Fsp3) is 0.471. The van der Waals surface area contributed by atoms with E-state index in [0.717, 1.165) is 18.4 Å². The van der Waals surface area contributed by atoms with Crippen LogP contribution in [0.15, 0.2) is 28.8 Å². The third kappa shape index (κ3) is 4.39. The molecular formula is C17H23N3O3. The van der Waals surface area contributed by atoms with Crippen molar-refractivity contribution in [3.63, 3.8) is 0 Å². The third-order valence-electron chi connectivity index (χ3n) is 3.99. The first kappa shape index (κ1) is 17.1. The maximum Gasteiger partial charge on any atom is 0.257 e. The number of carbonyl (C=O) groups excluding carboxylic acids is 1. The van der Waals surface area contributed by atoms with Crippen LogP contribution in [0.3, 0.4) is 0 Å². The average Bonchev–Trinajstić information content (AvgIpc) is 3.00. The van der Waals surface area contributed by atoms with E-state index in [2.05, 4.69) is 15.5 Å². The van der Waals surface area contributed by atoms with Gasteiger partial charge in [0.2, 0.25) is 0 Å². The molecule has 0 aliphatic carbocycles. The van der Waals surface area contributed by atoms with E-state index in [1.165, 1.54) is 0 Å². The number of aliphatic hydroxyl groups is 1. The van der Waals surface area contributed by atoms with Gasteiger partial charge in [-0.15, -0.1) is 0 Å². The first-order chi connectivity index (χ1) is 11.0. The second-order valence-corrected chi connectivity index (χ2v) is 5.58. The minimum absolute atomic E-state index is 0.205. The van der Waals surface area contributed by atoms with Gasteiger partial charge in [0.15, 0.2) is 5.82 Å². The number of benzene rings is 1. The summed E-state index contributed by atoms with van der Waals surface area (Å²) in [5, 5.41) is 16.6.